The van der Waals surface area contributed by atoms with Crippen LogP contribution in [0.3, 0.4) is 0 Å². The van der Waals surface area contributed by atoms with Crippen LogP contribution in [0.1, 0.15) is 30.9 Å². The number of benzene rings is 2. The summed E-state index contributed by atoms with van der Waals surface area (Å²) in [6, 6.07) is 21.1. The van der Waals surface area contributed by atoms with Crippen molar-refractivity contribution in [3.8, 4) is 0 Å². The molecule has 88 valence electrons. The number of thiol groups is 1. The molecule has 0 aliphatic carbocycles. The maximum absolute atomic E-state index is 4.98. The van der Waals surface area contributed by atoms with E-state index in [4.69, 9.17) is 12.6 Å². The first kappa shape index (κ1) is 12.3. The van der Waals surface area contributed by atoms with E-state index in [1.807, 2.05) is 0 Å². The van der Waals surface area contributed by atoms with Crippen LogP contribution in [0.15, 0.2) is 60.7 Å². The lowest BCUT2D eigenvalue weighted by Crippen LogP contribution is -2.20. The van der Waals surface area contributed by atoms with Gasteiger partial charge in [-0.3, -0.25) is 0 Å². The molecule has 0 saturated carbocycles. The van der Waals surface area contributed by atoms with Gasteiger partial charge < -0.3 is 0 Å². The van der Waals surface area contributed by atoms with Crippen molar-refractivity contribution in [2.75, 3.05) is 0 Å². The summed E-state index contributed by atoms with van der Waals surface area (Å²) in [5.41, 5.74) is 2.55. The van der Waals surface area contributed by atoms with Gasteiger partial charge in [-0.2, -0.15) is 12.6 Å². The van der Waals surface area contributed by atoms with Crippen LogP contribution in [0.25, 0.3) is 0 Å². The average Bonchev–Trinajstić information content (AvgIpc) is 2.41. The van der Waals surface area contributed by atoms with Gasteiger partial charge in [-0.05, 0) is 17.5 Å². The predicted molar refractivity (Wildman–Crippen MR) is 77.6 cm³/mol. The smallest absolute Gasteiger partial charge is 0.0626 e. The second-order valence-corrected chi connectivity index (χ2v) is 5.11. The molecule has 2 aromatic carbocycles. The van der Waals surface area contributed by atoms with E-state index in [1.165, 1.54) is 11.1 Å². The molecule has 2 aromatic rings. The summed E-state index contributed by atoms with van der Waals surface area (Å²) in [6.07, 6.45) is 2.16. The van der Waals surface area contributed by atoms with Gasteiger partial charge in [0.05, 0.1) is 4.75 Å². The molecule has 0 fully saturated rings. The summed E-state index contributed by atoms with van der Waals surface area (Å²) in [7, 11) is 0. The van der Waals surface area contributed by atoms with E-state index < -0.39 is 0 Å². The minimum absolute atomic E-state index is 0.169. The highest BCUT2D eigenvalue weighted by Gasteiger charge is 2.28. The van der Waals surface area contributed by atoms with Crippen molar-refractivity contribution in [3.63, 3.8) is 0 Å². The molecule has 1 heteroatoms. The SMILES string of the molecule is CCCC(S)(c1ccccc1)c1ccccc1. The van der Waals surface area contributed by atoms with Crippen LogP contribution in [0, 0.1) is 0 Å². The average molecular weight is 242 g/mol. The minimum atomic E-state index is -0.169. The molecule has 0 unspecified atom stereocenters. The molecular weight excluding hydrogens is 224 g/mol. The van der Waals surface area contributed by atoms with Crippen LogP contribution >= 0.6 is 12.6 Å². The lowest BCUT2D eigenvalue weighted by molar-refractivity contribution is 0.650. The Morgan fingerprint density at radius 3 is 1.59 bits per heavy atom. The van der Waals surface area contributed by atoms with Gasteiger partial charge in [0.25, 0.3) is 0 Å². The van der Waals surface area contributed by atoms with Crippen molar-refractivity contribution in [2.24, 2.45) is 0 Å². The highest BCUT2D eigenvalue weighted by Crippen LogP contribution is 2.40. The molecule has 2 rings (SSSR count). The molecular formula is C16H18S. The molecule has 0 spiro atoms. The third-order valence-electron chi connectivity index (χ3n) is 3.11. The van der Waals surface area contributed by atoms with E-state index in [0.717, 1.165) is 12.8 Å². The lowest BCUT2D eigenvalue weighted by atomic mass is 9.86. The quantitative estimate of drug-likeness (QED) is 0.741. The zero-order valence-electron chi connectivity index (χ0n) is 10.1. The third-order valence-corrected chi connectivity index (χ3v) is 3.85. The topological polar surface area (TPSA) is 0 Å². The zero-order chi connectivity index (χ0) is 12.1. The lowest BCUT2D eigenvalue weighted by Gasteiger charge is -2.29. The van der Waals surface area contributed by atoms with Gasteiger partial charge in [0.15, 0.2) is 0 Å². The van der Waals surface area contributed by atoms with Crippen molar-refractivity contribution in [1.29, 1.82) is 0 Å². The van der Waals surface area contributed by atoms with Gasteiger partial charge in [-0.15, -0.1) is 0 Å². The van der Waals surface area contributed by atoms with Gasteiger partial charge in [0.2, 0.25) is 0 Å². The van der Waals surface area contributed by atoms with E-state index in [0.29, 0.717) is 0 Å². The summed E-state index contributed by atoms with van der Waals surface area (Å²) >= 11 is 4.98. The second kappa shape index (κ2) is 5.42. The van der Waals surface area contributed by atoms with E-state index in [1.54, 1.807) is 0 Å². The first-order valence-corrected chi connectivity index (χ1v) is 6.55. The number of hydrogen-bond acceptors (Lipinski definition) is 1. The van der Waals surface area contributed by atoms with Crippen LogP contribution in [0.5, 0.6) is 0 Å². The fourth-order valence-corrected chi connectivity index (χ4v) is 2.77. The van der Waals surface area contributed by atoms with Crippen molar-refractivity contribution in [1.82, 2.24) is 0 Å². The summed E-state index contributed by atoms with van der Waals surface area (Å²) in [6.45, 7) is 2.21. The fraction of sp³-hybridized carbons (Fsp3) is 0.250. The van der Waals surface area contributed by atoms with Crippen molar-refractivity contribution >= 4 is 12.6 Å². The monoisotopic (exact) mass is 242 g/mol. The summed E-state index contributed by atoms with van der Waals surface area (Å²) in [5, 5.41) is 0. The van der Waals surface area contributed by atoms with Crippen LogP contribution in [0.2, 0.25) is 0 Å². The standard InChI is InChI=1S/C16H18S/c1-2-13-16(17,14-9-5-3-6-10-14)15-11-7-4-8-12-15/h3-12,17H,2,13H2,1H3. The molecule has 0 bridgehead atoms. The first-order valence-electron chi connectivity index (χ1n) is 6.11. The summed E-state index contributed by atoms with van der Waals surface area (Å²) in [5.74, 6) is 0. The van der Waals surface area contributed by atoms with Crippen molar-refractivity contribution < 1.29 is 0 Å². The minimum Gasteiger partial charge on any atom is -0.163 e. The number of rotatable bonds is 4. The number of hydrogen-bond donors (Lipinski definition) is 1. The molecule has 0 amide bonds. The van der Waals surface area contributed by atoms with E-state index in [9.17, 15) is 0 Å². The highest BCUT2D eigenvalue weighted by molar-refractivity contribution is 7.81. The maximum Gasteiger partial charge on any atom is 0.0626 e. The largest absolute Gasteiger partial charge is 0.163 e. The van der Waals surface area contributed by atoms with Crippen molar-refractivity contribution in [2.45, 2.75) is 24.5 Å². The molecule has 0 radical (unpaired) electrons. The van der Waals surface area contributed by atoms with Crippen LogP contribution < -0.4 is 0 Å². The Morgan fingerprint density at radius 2 is 1.24 bits per heavy atom. The molecule has 0 aliphatic heterocycles. The van der Waals surface area contributed by atoms with Crippen LogP contribution in [0.4, 0.5) is 0 Å². The zero-order valence-corrected chi connectivity index (χ0v) is 11.0. The Bertz CT molecular complexity index is 408. The van der Waals surface area contributed by atoms with Gasteiger partial charge in [-0.25, -0.2) is 0 Å². The Morgan fingerprint density at radius 1 is 0.824 bits per heavy atom. The molecule has 0 aliphatic rings. The fourth-order valence-electron chi connectivity index (χ4n) is 2.24. The van der Waals surface area contributed by atoms with Gasteiger partial charge in [-0.1, -0.05) is 74.0 Å². The summed E-state index contributed by atoms with van der Waals surface area (Å²) < 4.78 is -0.169. The second-order valence-electron chi connectivity index (χ2n) is 4.34. The van der Waals surface area contributed by atoms with Gasteiger partial charge in [0, 0.05) is 0 Å². The molecule has 17 heavy (non-hydrogen) atoms. The molecule has 0 aromatic heterocycles. The third kappa shape index (κ3) is 2.55. The van der Waals surface area contributed by atoms with Crippen LogP contribution in [-0.4, -0.2) is 0 Å². The van der Waals surface area contributed by atoms with Gasteiger partial charge in [0.1, 0.15) is 0 Å². The Hall–Kier alpha value is -1.21. The molecule has 0 N–H and O–H groups in total. The Labute approximate surface area is 109 Å². The van der Waals surface area contributed by atoms with Gasteiger partial charge >= 0.3 is 0 Å². The maximum atomic E-state index is 4.98. The van der Waals surface area contributed by atoms with E-state index in [-0.39, 0.29) is 4.75 Å². The summed E-state index contributed by atoms with van der Waals surface area (Å²) in [4.78, 5) is 0. The predicted octanol–water partition coefficient (Wildman–Crippen LogP) is 4.66. The highest BCUT2D eigenvalue weighted by atomic mass is 32.1. The Kier molecular flexibility index (Phi) is 3.90. The molecule has 0 heterocycles. The van der Waals surface area contributed by atoms with Crippen molar-refractivity contribution in [3.05, 3.63) is 71.8 Å². The molecule has 0 atom stereocenters. The Balaban J connectivity index is 2.47. The van der Waals surface area contributed by atoms with E-state index in [2.05, 4.69) is 67.6 Å². The van der Waals surface area contributed by atoms with E-state index >= 15 is 0 Å². The molecule has 0 nitrogen and oxygen atoms in total. The first-order chi connectivity index (χ1) is 8.27. The normalized spacial score (nSPS) is 11.4. The van der Waals surface area contributed by atoms with Crippen LogP contribution in [-0.2, 0) is 4.75 Å². The molecule has 0 saturated heterocycles.